The molecule has 0 radical (unpaired) electrons. The predicted octanol–water partition coefficient (Wildman–Crippen LogP) is 3.47. The second-order valence-corrected chi connectivity index (χ2v) is 5.27. The van der Waals surface area contributed by atoms with Gasteiger partial charge in [0, 0.05) is 6.16 Å². The first-order valence-electron chi connectivity index (χ1n) is 4.98. The molecule has 0 saturated heterocycles. The van der Waals surface area contributed by atoms with Crippen LogP contribution in [0, 0.1) is 11.7 Å². The molecule has 1 unspecified atom stereocenters. The van der Waals surface area contributed by atoms with Crippen LogP contribution in [-0.4, -0.2) is 6.61 Å². The van der Waals surface area contributed by atoms with Crippen LogP contribution < -0.4 is 0 Å². The van der Waals surface area contributed by atoms with Gasteiger partial charge in [0.05, 0.1) is 6.61 Å². The maximum Gasteiger partial charge on any atom is 0.195 e. The summed E-state index contributed by atoms with van der Waals surface area (Å²) in [6.45, 7) is 4.53. The summed E-state index contributed by atoms with van der Waals surface area (Å²) in [7, 11) is -2.02. The van der Waals surface area contributed by atoms with Crippen molar-refractivity contribution in [1.29, 1.82) is 0 Å². The third-order valence-electron chi connectivity index (χ3n) is 1.84. The van der Waals surface area contributed by atoms with E-state index in [1.54, 1.807) is 12.1 Å². The average molecular weight is 230 g/mol. The molecule has 4 heteroatoms. The normalized spacial score (nSPS) is 13.1. The van der Waals surface area contributed by atoms with Gasteiger partial charge in [0.1, 0.15) is 5.82 Å². The van der Waals surface area contributed by atoms with E-state index in [4.69, 9.17) is 4.52 Å². The van der Waals surface area contributed by atoms with Gasteiger partial charge in [-0.1, -0.05) is 26.0 Å². The first-order chi connectivity index (χ1) is 7.08. The molecule has 1 atom stereocenters. The monoisotopic (exact) mass is 230 g/mol. The summed E-state index contributed by atoms with van der Waals surface area (Å²) in [4.78, 5) is 0. The van der Waals surface area contributed by atoms with Crippen LogP contribution in [0.5, 0.6) is 0 Å². The van der Waals surface area contributed by atoms with Gasteiger partial charge in [0.2, 0.25) is 0 Å². The molecule has 84 valence electrons. The molecule has 0 aliphatic heterocycles. The first kappa shape index (κ1) is 12.4. The second kappa shape index (κ2) is 6.04. The van der Waals surface area contributed by atoms with Crippen molar-refractivity contribution in [2.75, 3.05) is 6.61 Å². The Bertz CT molecular complexity index is 322. The van der Waals surface area contributed by atoms with Gasteiger partial charge in [0.25, 0.3) is 0 Å². The summed E-state index contributed by atoms with van der Waals surface area (Å²) >= 11 is 0. The molecule has 0 N–H and O–H groups in total. The van der Waals surface area contributed by atoms with Crippen molar-refractivity contribution < 1.29 is 13.5 Å². The van der Waals surface area contributed by atoms with Gasteiger partial charge in [-0.25, -0.2) is 4.39 Å². The zero-order chi connectivity index (χ0) is 11.3. The SMILES string of the molecule is CC(C)CO[PH](=O)Cc1ccc(F)cc1. The molecule has 1 rings (SSSR count). The third-order valence-corrected chi connectivity index (χ3v) is 3.02. The van der Waals surface area contributed by atoms with Gasteiger partial charge >= 0.3 is 0 Å². The molecule has 15 heavy (non-hydrogen) atoms. The van der Waals surface area contributed by atoms with Crippen LogP contribution in [-0.2, 0) is 15.3 Å². The highest BCUT2D eigenvalue weighted by molar-refractivity contribution is 7.38. The average Bonchev–Trinajstić information content (AvgIpc) is 2.19. The quantitative estimate of drug-likeness (QED) is 0.724. The van der Waals surface area contributed by atoms with Crippen molar-refractivity contribution in [1.82, 2.24) is 0 Å². The molecule has 0 heterocycles. The number of hydrogen-bond acceptors (Lipinski definition) is 2. The van der Waals surface area contributed by atoms with E-state index in [1.165, 1.54) is 12.1 Å². The van der Waals surface area contributed by atoms with E-state index in [2.05, 4.69) is 0 Å². The summed E-state index contributed by atoms with van der Waals surface area (Å²) in [6, 6.07) is 6.01. The Morgan fingerprint density at radius 1 is 1.33 bits per heavy atom. The zero-order valence-electron chi connectivity index (χ0n) is 9.00. The molecule has 0 saturated carbocycles. The van der Waals surface area contributed by atoms with Gasteiger partial charge in [-0.2, -0.15) is 0 Å². The molecule has 0 aromatic heterocycles. The molecule has 0 aliphatic rings. The maximum atomic E-state index is 12.6. The molecule has 0 fully saturated rings. The minimum atomic E-state index is -2.02. The standard InChI is InChI=1S/C11H16FO2P/c1-9(2)7-14-15(13)8-10-3-5-11(12)6-4-10/h3-6,9,15H,7-8H2,1-2H3. The fourth-order valence-electron chi connectivity index (χ4n) is 1.08. The van der Waals surface area contributed by atoms with Crippen LogP contribution in [0.3, 0.4) is 0 Å². The fourth-order valence-corrected chi connectivity index (χ4v) is 2.27. The zero-order valence-corrected chi connectivity index (χ0v) is 10.00. The van der Waals surface area contributed by atoms with E-state index in [0.29, 0.717) is 18.7 Å². The minimum Gasteiger partial charge on any atom is -0.330 e. The van der Waals surface area contributed by atoms with Gasteiger partial charge in [-0.3, -0.25) is 4.57 Å². The topological polar surface area (TPSA) is 26.3 Å². The van der Waals surface area contributed by atoms with E-state index in [9.17, 15) is 8.96 Å². The Morgan fingerprint density at radius 3 is 2.47 bits per heavy atom. The summed E-state index contributed by atoms with van der Waals surface area (Å²) < 4.78 is 29.2. The molecule has 0 spiro atoms. The van der Waals surface area contributed by atoms with E-state index in [-0.39, 0.29) is 5.82 Å². The Labute approximate surface area is 90.3 Å². The van der Waals surface area contributed by atoms with Crippen LogP contribution in [0.4, 0.5) is 4.39 Å². The molecule has 2 nitrogen and oxygen atoms in total. The summed E-state index contributed by atoms with van der Waals surface area (Å²) in [6.07, 6.45) is 0.387. The van der Waals surface area contributed by atoms with Crippen LogP contribution in [0.2, 0.25) is 0 Å². The molecule has 1 aromatic carbocycles. The number of rotatable bonds is 5. The summed E-state index contributed by atoms with van der Waals surface area (Å²) in [5.41, 5.74) is 0.851. The predicted molar refractivity (Wildman–Crippen MR) is 59.9 cm³/mol. The van der Waals surface area contributed by atoms with E-state index in [0.717, 1.165) is 5.56 Å². The van der Waals surface area contributed by atoms with Crippen molar-refractivity contribution in [2.45, 2.75) is 20.0 Å². The van der Waals surface area contributed by atoms with Gasteiger partial charge < -0.3 is 4.52 Å². The lowest BCUT2D eigenvalue weighted by molar-refractivity contribution is 0.282. The van der Waals surface area contributed by atoms with Crippen LogP contribution in [0.1, 0.15) is 19.4 Å². The maximum absolute atomic E-state index is 12.6. The van der Waals surface area contributed by atoms with E-state index >= 15 is 0 Å². The Morgan fingerprint density at radius 2 is 1.93 bits per heavy atom. The first-order valence-corrected chi connectivity index (χ1v) is 6.50. The van der Waals surface area contributed by atoms with Crippen molar-refractivity contribution in [3.8, 4) is 0 Å². The summed E-state index contributed by atoms with van der Waals surface area (Å²) in [5.74, 6) is 0.105. The van der Waals surface area contributed by atoms with Crippen molar-refractivity contribution in [3.05, 3.63) is 35.6 Å². The lowest BCUT2D eigenvalue weighted by atomic mass is 10.2. The highest BCUT2D eigenvalue weighted by Crippen LogP contribution is 2.28. The Balaban J connectivity index is 2.41. The van der Waals surface area contributed by atoms with Crippen LogP contribution in [0.25, 0.3) is 0 Å². The number of halogens is 1. The lowest BCUT2D eigenvalue weighted by Crippen LogP contribution is -1.96. The third kappa shape index (κ3) is 5.10. The molecule has 1 aromatic rings. The van der Waals surface area contributed by atoms with E-state index in [1.807, 2.05) is 13.8 Å². The smallest absolute Gasteiger partial charge is 0.195 e. The van der Waals surface area contributed by atoms with Gasteiger partial charge in [-0.05, 0) is 23.6 Å². The van der Waals surface area contributed by atoms with Gasteiger partial charge in [0.15, 0.2) is 8.03 Å². The number of benzene rings is 1. The van der Waals surface area contributed by atoms with Crippen LogP contribution >= 0.6 is 8.03 Å². The highest BCUT2D eigenvalue weighted by atomic mass is 31.1. The highest BCUT2D eigenvalue weighted by Gasteiger charge is 2.03. The largest absolute Gasteiger partial charge is 0.330 e. The van der Waals surface area contributed by atoms with Crippen molar-refractivity contribution in [2.24, 2.45) is 5.92 Å². The molecule has 0 amide bonds. The Kier molecular flexibility index (Phi) is 5.00. The summed E-state index contributed by atoms with van der Waals surface area (Å²) in [5, 5.41) is 0. The number of hydrogen-bond donors (Lipinski definition) is 0. The fraction of sp³-hybridized carbons (Fsp3) is 0.455. The lowest BCUT2D eigenvalue weighted by Gasteiger charge is -2.06. The molecular formula is C11H16FO2P. The van der Waals surface area contributed by atoms with Crippen molar-refractivity contribution in [3.63, 3.8) is 0 Å². The van der Waals surface area contributed by atoms with Crippen molar-refractivity contribution >= 4 is 8.03 Å². The molecule has 0 bridgehead atoms. The second-order valence-electron chi connectivity index (χ2n) is 3.88. The Hall–Kier alpha value is -0.660. The van der Waals surface area contributed by atoms with Gasteiger partial charge in [-0.15, -0.1) is 0 Å². The van der Waals surface area contributed by atoms with Crippen LogP contribution in [0.15, 0.2) is 24.3 Å². The van der Waals surface area contributed by atoms with E-state index < -0.39 is 8.03 Å². The molecule has 0 aliphatic carbocycles. The molecular weight excluding hydrogens is 214 g/mol. The minimum absolute atomic E-state index is 0.276.